The second-order valence-electron chi connectivity index (χ2n) is 6.18. The number of hydrogen-bond acceptors (Lipinski definition) is 2. The molecule has 1 atom stereocenters. The molecule has 3 nitrogen and oxygen atoms in total. The van der Waals surface area contributed by atoms with Gasteiger partial charge in [0, 0.05) is 23.3 Å². The first-order valence-corrected chi connectivity index (χ1v) is 7.66. The summed E-state index contributed by atoms with van der Waals surface area (Å²) in [4.78, 5) is 5.89. The molecule has 20 heavy (non-hydrogen) atoms. The van der Waals surface area contributed by atoms with Crippen molar-refractivity contribution < 1.29 is 0 Å². The quantitative estimate of drug-likeness (QED) is 0.792. The lowest BCUT2D eigenvalue weighted by Gasteiger charge is -2.34. The molecule has 2 heterocycles. The van der Waals surface area contributed by atoms with Crippen molar-refractivity contribution in [2.75, 3.05) is 24.5 Å². The molecular formula is C16H20ClN3. The molecule has 2 aliphatic heterocycles. The van der Waals surface area contributed by atoms with Crippen LogP contribution < -0.4 is 10.2 Å². The van der Waals surface area contributed by atoms with Crippen molar-refractivity contribution in [1.29, 1.82) is 0 Å². The zero-order valence-corrected chi connectivity index (χ0v) is 12.6. The van der Waals surface area contributed by atoms with Gasteiger partial charge in [-0.05, 0) is 56.8 Å². The van der Waals surface area contributed by atoms with Gasteiger partial charge in [0.15, 0.2) is 0 Å². The lowest BCUT2D eigenvalue weighted by Crippen LogP contribution is -2.38. The SMILES string of the molecule is [C-]#[N+]c1ccc(N2CC3(CCNCC3)C[C@@H]2C)cc1Cl. The van der Waals surface area contributed by atoms with Crippen LogP contribution in [0.1, 0.15) is 26.2 Å². The maximum absolute atomic E-state index is 7.08. The summed E-state index contributed by atoms with van der Waals surface area (Å²) in [6.07, 6.45) is 3.79. The Labute approximate surface area is 125 Å². The van der Waals surface area contributed by atoms with E-state index >= 15 is 0 Å². The van der Waals surface area contributed by atoms with Crippen LogP contribution in [0.15, 0.2) is 18.2 Å². The number of halogens is 1. The molecule has 0 aliphatic carbocycles. The molecule has 4 heteroatoms. The number of hydrogen-bond donors (Lipinski definition) is 1. The molecule has 2 fully saturated rings. The summed E-state index contributed by atoms with van der Waals surface area (Å²) in [5.41, 5.74) is 2.17. The molecule has 1 spiro atoms. The lowest BCUT2D eigenvalue weighted by molar-refractivity contribution is 0.227. The summed E-state index contributed by atoms with van der Waals surface area (Å²) >= 11 is 6.18. The molecule has 0 radical (unpaired) electrons. The standard InChI is InChI=1S/C16H20ClN3/c1-12-10-16(5-7-19-8-6-16)11-20(12)13-3-4-15(18-2)14(17)9-13/h3-4,9,12,19H,5-8,10-11H2,1H3/t12-/m0/s1. The summed E-state index contributed by atoms with van der Waals surface area (Å²) in [6.45, 7) is 12.8. The fourth-order valence-corrected chi connectivity index (χ4v) is 3.97. The van der Waals surface area contributed by atoms with Crippen molar-refractivity contribution in [3.63, 3.8) is 0 Å². The first kappa shape index (κ1) is 13.7. The zero-order chi connectivity index (χ0) is 14.2. The number of nitrogens with one attached hydrogen (secondary N) is 1. The van der Waals surface area contributed by atoms with E-state index in [-0.39, 0.29) is 0 Å². The van der Waals surface area contributed by atoms with E-state index in [1.807, 2.05) is 18.2 Å². The average Bonchev–Trinajstić information content (AvgIpc) is 2.76. The molecule has 0 saturated carbocycles. The van der Waals surface area contributed by atoms with Crippen LogP contribution in [-0.4, -0.2) is 25.7 Å². The van der Waals surface area contributed by atoms with Crippen molar-refractivity contribution in [3.05, 3.63) is 34.6 Å². The fourth-order valence-electron chi connectivity index (χ4n) is 3.75. The van der Waals surface area contributed by atoms with E-state index in [0.717, 1.165) is 25.3 Å². The predicted molar refractivity (Wildman–Crippen MR) is 83.7 cm³/mol. The molecule has 0 bridgehead atoms. The molecule has 0 aromatic heterocycles. The third-order valence-electron chi connectivity index (χ3n) is 4.81. The van der Waals surface area contributed by atoms with Crippen LogP contribution in [0.5, 0.6) is 0 Å². The number of nitrogens with zero attached hydrogens (tertiary/aromatic N) is 2. The Hall–Kier alpha value is -1.24. The molecule has 106 valence electrons. The largest absolute Gasteiger partial charge is 0.368 e. The third-order valence-corrected chi connectivity index (χ3v) is 5.12. The molecule has 0 unspecified atom stereocenters. The molecule has 2 aliphatic rings. The van der Waals surface area contributed by atoms with E-state index in [0.29, 0.717) is 22.2 Å². The summed E-state index contributed by atoms with van der Waals surface area (Å²) in [7, 11) is 0. The van der Waals surface area contributed by atoms with E-state index in [2.05, 4.69) is 22.0 Å². The Balaban J connectivity index is 1.84. The normalized spacial score (nSPS) is 24.9. The van der Waals surface area contributed by atoms with Crippen molar-refractivity contribution >= 4 is 23.0 Å². The van der Waals surface area contributed by atoms with Crippen LogP contribution in [0.3, 0.4) is 0 Å². The first-order valence-electron chi connectivity index (χ1n) is 7.28. The Morgan fingerprint density at radius 3 is 2.80 bits per heavy atom. The van der Waals surface area contributed by atoms with Gasteiger partial charge in [-0.1, -0.05) is 17.7 Å². The van der Waals surface area contributed by atoms with Crippen LogP contribution in [-0.2, 0) is 0 Å². The minimum absolute atomic E-state index is 0.468. The van der Waals surface area contributed by atoms with E-state index in [4.69, 9.17) is 18.2 Å². The van der Waals surface area contributed by atoms with Crippen molar-refractivity contribution in [1.82, 2.24) is 5.32 Å². The summed E-state index contributed by atoms with van der Waals surface area (Å²) in [5, 5.41) is 4.02. The predicted octanol–water partition coefficient (Wildman–Crippen LogP) is 3.86. The summed E-state index contributed by atoms with van der Waals surface area (Å²) in [5.74, 6) is 0. The van der Waals surface area contributed by atoms with Crippen LogP contribution >= 0.6 is 11.6 Å². The molecule has 2 saturated heterocycles. The van der Waals surface area contributed by atoms with E-state index in [1.165, 1.54) is 19.3 Å². The van der Waals surface area contributed by atoms with Gasteiger partial charge in [0.2, 0.25) is 5.69 Å². The Morgan fingerprint density at radius 1 is 1.40 bits per heavy atom. The maximum atomic E-state index is 7.08. The number of anilines is 1. The van der Waals surface area contributed by atoms with Crippen LogP contribution in [0.2, 0.25) is 5.02 Å². The second-order valence-corrected chi connectivity index (χ2v) is 6.59. The maximum Gasteiger partial charge on any atom is 0.205 e. The highest BCUT2D eigenvalue weighted by atomic mass is 35.5. The summed E-state index contributed by atoms with van der Waals surface area (Å²) < 4.78 is 0. The second kappa shape index (κ2) is 5.27. The van der Waals surface area contributed by atoms with Crippen LogP contribution in [0, 0.1) is 12.0 Å². The van der Waals surface area contributed by atoms with E-state index in [9.17, 15) is 0 Å². The topological polar surface area (TPSA) is 19.6 Å². The molecule has 1 aromatic carbocycles. The highest BCUT2D eigenvalue weighted by Crippen LogP contribution is 2.44. The van der Waals surface area contributed by atoms with Gasteiger partial charge < -0.3 is 10.2 Å². The van der Waals surface area contributed by atoms with Crippen molar-refractivity contribution in [2.24, 2.45) is 5.41 Å². The van der Waals surface area contributed by atoms with Gasteiger partial charge in [0.05, 0.1) is 6.57 Å². The van der Waals surface area contributed by atoms with Crippen molar-refractivity contribution in [3.8, 4) is 0 Å². The van der Waals surface area contributed by atoms with Gasteiger partial charge in [-0.15, -0.1) is 0 Å². The van der Waals surface area contributed by atoms with Gasteiger partial charge in [-0.25, -0.2) is 4.85 Å². The van der Waals surface area contributed by atoms with E-state index in [1.54, 1.807) is 0 Å². The molecule has 3 rings (SSSR count). The smallest absolute Gasteiger partial charge is 0.205 e. The van der Waals surface area contributed by atoms with Gasteiger partial charge in [-0.3, -0.25) is 0 Å². The Bertz CT molecular complexity index is 543. The van der Waals surface area contributed by atoms with Crippen molar-refractivity contribution in [2.45, 2.75) is 32.2 Å². The van der Waals surface area contributed by atoms with Gasteiger partial charge in [0.1, 0.15) is 0 Å². The number of benzene rings is 1. The van der Waals surface area contributed by atoms with Gasteiger partial charge in [0.25, 0.3) is 0 Å². The lowest BCUT2D eigenvalue weighted by atomic mass is 9.77. The number of rotatable bonds is 1. The average molecular weight is 290 g/mol. The fraction of sp³-hybridized carbons (Fsp3) is 0.562. The molecular weight excluding hydrogens is 270 g/mol. The first-order chi connectivity index (χ1) is 9.63. The van der Waals surface area contributed by atoms with Crippen LogP contribution in [0.4, 0.5) is 11.4 Å². The van der Waals surface area contributed by atoms with Gasteiger partial charge >= 0.3 is 0 Å². The third kappa shape index (κ3) is 2.39. The monoisotopic (exact) mass is 289 g/mol. The molecule has 1 aromatic rings. The van der Waals surface area contributed by atoms with Gasteiger partial charge in [-0.2, -0.15) is 0 Å². The Morgan fingerprint density at radius 2 is 2.15 bits per heavy atom. The number of piperidine rings is 1. The highest BCUT2D eigenvalue weighted by Gasteiger charge is 2.42. The Kier molecular flexibility index (Phi) is 3.62. The van der Waals surface area contributed by atoms with Crippen LogP contribution in [0.25, 0.3) is 4.85 Å². The zero-order valence-electron chi connectivity index (χ0n) is 11.8. The molecule has 1 N–H and O–H groups in total. The summed E-state index contributed by atoms with van der Waals surface area (Å²) in [6, 6.07) is 6.37. The highest BCUT2D eigenvalue weighted by molar-refractivity contribution is 6.33. The minimum atomic E-state index is 0.468. The van der Waals surface area contributed by atoms with E-state index < -0.39 is 0 Å². The molecule has 0 amide bonds. The minimum Gasteiger partial charge on any atom is -0.368 e.